The Bertz CT molecular complexity index is 995. The Morgan fingerprint density at radius 3 is 2.62 bits per heavy atom. The number of anilines is 1. The molecule has 4 rings (SSSR count). The van der Waals surface area contributed by atoms with Crippen LogP contribution in [0.3, 0.4) is 0 Å². The lowest BCUT2D eigenvalue weighted by atomic mass is 9.64. The predicted molar refractivity (Wildman–Crippen MR) is 112 cm³/mol. The van der Waals surface area contributed by atoms with E-state index in [-0.39, 0.29) is 23.8 Å². The number of rotatable bonds is 3. The molecule has 1 aliphatic carbocycles. The first-order valence-electron chi connectivity index (χ1n) is 10.1. The first-order chi connectivity index (χ1) is 13.7. The van der Waals surface area contributed by atoms with E-state index in [1.165, 1.54) is 0 Å². The maximum Gasteiger partial charge on any atom is 0.325 e. The Kier molecular flexibility index (Phi) is 4.60. The van der Waals surface area contributed by atoms with Gasteiger partial charge in [0, 0.05) is 11.1 Å². The van der Waals surface area contributed by atoms with Crippen molar-refractivity contribution in [3.8, 4) is 0 Å². The van der Waals surface area contributed by atoms with Gasteiger partial charge in [0.05, 0.1) is 0 Å². The van der Waals surface area contributed by atoms with Crippen molar-refractivity contribution >= 4 is 34.3 Å². The maximum absolute atomic E-state index is 13.2. The van der Waals surface area contributed by atoms with Crippen LogP contribution < -0.4 is 10.6 Å². The molecule has 2 fully saturated rings. The number of nitrogens with zero attached hydrogens (tertiary/aromatic N) is 1. The Labute approximate surface area is 170 Å². The summed E-state index contributed by atoms with van der Waals surface area (Å²) in [7, 11) is 0. The molecule has 4 amide bonds. The van der Waals surface area contributed by atoms with Crippen molar-refractivity contribution in [2.75, 3.05) is 11.9 Å². The summed E-state index contributed by atoms with van der Waals surface area (Å²) in [6.07, 6.45) is 2.22. The SMILES string of the molecule is CC1CC(C)(C)CC2(C1)NC(=O)N(CC(=O)Nc1cccc3ccccc13)C2=O. The number of carbonyl (C=O) groups is 3. The molecule has 0 aromatic heterocycles. The van der Waals surface area contributed by atoms with E-state index in [9.17, 15) is 14.4 Å². The first-order valence-corrected chi connectivity index (χ1v) is 10.1. The van der Waals surface area contributed by atoms with Crippen molar-refractivity contribution in [1.29, 1.82) is 0 Å². The predicted octanol–water partition coefficient (Wildman–Crippen LogP) is 3.92. The van der Waals surface area contributed by atoms with E-state index in [4.69, 9.17) is 0 Å². The Hall–Kier alpha value is -2.89. The van der Waals surface area contributed by atoms with Gasteiger partial charge in [-0.25, -0.2) is 4.79 Å². The fourth-order valence-electron chi connectivity index (χ4n) is 5.32. The summed E-state index contributed by atoms with van der Waals surface area (Å²) in [5.74, 6) is -0.340. The average Bonchev–Trinajstić information content (AvgIpc) is 2.83. The highest BCUT2D eigenvalue weighted by Gasteiger charge is 2.56. The van der Waals surface area contributed by atoms with Gasteiger partial charge >= 0.3 is 6.03 Å². The van der Waals surface area contributed by atoms with Gasteiger partial charge in [0.25, 0.3) is 5.91 Å². The molecule has 29 heavy (non-hydrogen) atoms. The van der Waals surface area contributed by atoms with E-state index in [0.29, 0.717) is 24.4 Å². The highest BCUT2D eigenvalue weighted by molar-refractivity contribution is 6.11. The van der Waals surface area contributed by atoms with Crippen molar-refractivity contribution in [3.63, 3.8) is 0 Å². The van der Waals surface area contributed by atoms with Gasteiger partial charge < -0.3 is 10.6 Å². The third-order valence-electron chi connectivity index (χ3n) is 5.99. The van der Waals surface area contributed by atoms with E-state index < -0.39 is 11.6 Å². The Morgan fingerprint density at radius 2 is 1.86 bits per heavy atom. The minimum Gasteiger partial charge on any atom is -0.324 e. The van der Waals surface area contributed by atoms with Crippen LogP contribution in [0.2, 0.25) is 0 Å². The van der Waals surface area contributed by atoms with Crippen molar-refractivity contribution in [2.24, 2.45) is 11.3 Å². The lowest BCUT2D eigenvalue weighted by Gasteiger charge is -2.43. The number of benzene rings is 2. The second kappa shape index (κ2) is 6.87. The van der Waals surface area contributed by atoms with E-state index in [0.717, 1.165) is 22.1 Å². The molecule has 0 radical (unpaired) electrons. The summed E-state index contributed by atoms with van der Waals surface area (Å²) < 4.78 is 0. The van der Waals surface area contributed by atoms with Crippen LogP contribution in [0.15, 0.2) is 42.5 Å². The zero-order valence-electron chi connectivity index (χ0n) is 17.1. The molecule has 2 aliphatic rings. The number of amides is 4. The number of imide groups is 1. The topological polar surface area (TPSA) is 78.5 Å². The molecule has 2 aromatic carbocycles. The van der Waals surface area contributed by atoms with Gasteiger partial charge in [-0.3, -0.25) is 14.5 Å². The number of nitrogens with one attached hydrogen (secondary N) is 2. The zero-order chi connectivity index (χ0) is 20.8. The van der Waals surface area contributed by atoms with Crippen LogP contribution in [0.25, 0.3) is 10.8 Å². The van der Waals surface area contributed by atoms with Gasteiger partial charge in [-0.2, -0.15) is 0 Å². The highest BCUT2D eigenvalue weighted by atomic mass is 16.2. The normalized spacial score (nSPS) is 26.0. The van der Waals surface area contributed by atoms with Gasteiger partial charge in [-0.05, 0) is 42.0 Å². The maximum atomic E-state index is 13.2. The monoisotopic (exact) mass is 393 g/mol. The molecule has 6 nitrogen and oxygen atoms in total. The fraction of sp³-hybridized carbons (Fsp3) is 0.435. The standard InChI is InChI=1S/C23H27N3O3/c1-15-11-22(2,3)14-23(12-15)20(28)26(21(29)25-23)13-19(27)24-18-10-6-8-16-7-4-5-9-17(16)18/h4-10,15H,11-14H2,1-3H3,(H,24,27)(H,25,29). The summed E-state index contributed by atoms with van der Waals surface area (Å²) in [4.78, 5) is 39.5. The van der Waals surface area contributed by atoms with E-state index in [1.807, 2.05) is 42.5 Å². The molecule has 1 saturated heterocycles. The van der Waals surface area contributed by atoms with Crippen molar-refractivity contribution in [1.82, 2.24) is 10.2 Å². The van der Waals surface area contributed by atoms with Crippen LogP contribution in [-0.4, -0.2) is 34.8 Å². The third-order valence-corrected chi connectivity index (χ3v) is 5.99. The molecular weight excluding hydrogens is 366 g/mol. The van der Waals surface area contributed by atoms with Crippen LogP contribution in [0.4, 0.5) is 10.5 Å². The summed E-state index contributed by atoms with van der Waals surface area (Å²) >= 11 is 0. The number of fused-ring (bicyclic) bond motifs is 1. The molecule has 0 bridgehead atoms. The highest BCUT2D eigenvalue weighted by Crippen LogP contribution is 2.46. The van der Waals surface area contributed by atoms with E-state index >= 15 is 0 Å². The van der Waals surface area contributed by atoms with Crippen molar-refractivity contribution < 1.29 is 14.4 Å². The first kappa shape index (κ1) is 19.4. The lowest BCUT2D eigenvalue weighted by Crippen LogP contribution is -2.54. The summed E-state index contributed by atoms with van der Waals surface area (Å²) in [5, 5.41) is 7.70. The molecule has 6 heteroatoms. The zero-order valence-corrected chi connectivity index (χ0v) is 17.1. The lowest BCUT2D eigenvalue weighted by molar-refractivity contribution is -0.136. The second-order valence-corrected chi connectivity index (χ2v) is 9.33. The van der Waals surface area contributed by atoms with Gasteiger partial charge in [0.15, 0.2) is 0 Å². The molecule has 2 aromatic rings. The number of hydrogen-bond donors (Lipinski definition) is 2. The Balaban J connectivity index is 1.51. The van der Waals surface area contributed by atoms with Crippen LogP contribution >= 0.6 is 0 Å². The number of hydrogen-bond acceptors (Lipinski definition) is 3. The van der Waals surface area contributed by atoms with Crippen LogP contribution in [-0.2, 0) is 9.59 Å². The summed E-state index contributed by atoms with van der Waals surface area (Å²) in [6.45, 7) is 6.07. The molecular formula is C23H27N3O3. The van der Waals surface area contributed by atoms with Crippen molar-refractivity contribution in [2.45, 2.75) is 45.6 Å². The quantitative estimate of drug-likeness (QED) is 0.776. The van der Waals surface area contributed by atoms with Gasteiger partial charge in [0.1, 0.15) is 12.1 Å². The molecule has 2 N–H and O–H groups in total. The van der Waals surface area contributed by atoms with Crippen LogP contribution in [0, 0.1) is 11.3 Å². The summed E-state index contributed by atoms with van der Waals surface area (Å²) in [5.41, 5.74) is -0.262. The van der Waals surface area contributed by atoms with Crippen LogP contribution in [0.5, 0.6) is 0 Å². The minimum atomic E-state index is -0.891. The Morgan fingerprint density at radius 1 is 1.14 bits per heavy atom. The number of urea groups is 1. The number of carbonyl (C=O) groups excluding carboxylic acids is 3. The summed E-state index contributed by atoms with van der Waals surface area (Å²) in [6, 6.07) is 12.9. The fourth-order valence-corrected chi connectivity index (χ4v) is 5.32. The van der Waals surface area contributed by atoms with Gasteiger partial charge in [0.2, 0.25) is 5.91 Å². The van der Waals surface area contributed by atoms with Gasteiger partial charge in [-0.15, -0.1) is 0 Å². The molecule has 1 saturated carbocycles. The molecule has 1 heterocycles. The average molecular weight is 393 g/mol. The largest absolute Gasteiger partial charge is 0.325 e. The molecule has 152 valence electrons. The molecule has 2 unspecified atom stereocenters. The molecule has 1 spiro atoms. The third kappa shape index (κ3) is 3.59. The smallest absolute Gasteiger partial charge is 0.324 e. The minimum absolute atomic E-state index is 0.0399. The van der Waals surface area contributed by atoms with Crippen molar-refractivity contribution in [3.05, 3.63) is 42.5 Å². The van der Waals surface area contributed by atoms with Crippen LogP contribution in [0.1, 0.15) is 40.0 Å². The molecule has 1 aliphatic heterocycles. The van der Waals surface area contributed by atoms with E-state index in [2.05, 4.69) is 31.4 Å². The van der Waals surface area contributed by atoms with Gasteiger partial charge in [-0.1, -0.05) is 57.2 Å². The molecule has 2 atom stereocenters. The second-order valence-electron chi connectivity index (χ2n) is 9.33. The van der Waals surface area contributed by atoms with E-state index in [1.54, 1.807) is 0 Å².